The van der Waals surface area contributed by atoms with Gasteiger partial charge in [-0.05, 0) is 48.0 Å². The maximum atomic E-state index is 12.8. The lowest BCUT2D eigenvalue weighted by Gasteiger charge is -2.36. The Hall–Kier alpha value is -4.10. The first-order chi connectivity index (χ1) is 17.6. The zero-order valence-corrected chi connectivity index (χ0v) is 20.6. The lowest BCUT2D eigenvalue weighted by molar-refractivity contribution is 0.0928. The fraction of sp³-hybridized carbons (Fsp3) is 0.241. The van der Waals surface area contributed by atoms with Gasteiger partial charge < -0.3 is 20.0 Å². The van der Waals surface area contributed by atoms with Crippen LogP contribution < -0.4 is 15.1 Å². The average Bonchev–Trinajstić information content (AvgIpc) is 3.41. The smallest absolute Gasteiger partial charge is 0.255 e. The Morgan fingerprint density at radius 3 is 2.39 bits per heavy atom. The number of benzene rings is 3. The Balaban J connectivity index is 1.26. The van der Waals surface area contributed by atoms with Crippen LogP contribution in [0.15, 0.2) is 79.0 Å². The molecule has 0 bridgehead atoms. The van der Waals surface area contributed by atoms with Crippen molar-refractivity contribution in [3.63, 3.8) is 0 Å². The number of carbonyl (C=O) groups excluding carboxylic acids is 1. The van der Waals surface area contributed by atoms with Crippen molar-refractivity contribution < 1.29 is 4.79 Å². The maximum absolute atomic E-state index is 12.8. The van der Waals surface area contributed by atoms with Gasteiger partial charge in [0, 0.05) is 44.5 Å². The number of carbonyl (C=O) groups is 1. The van der Waals surface area contributed by atoms with Crippen LogP contribution in [0.5, 0.6) is 0 Å². The summed E-state index contributed by atoms with van der Waals surface area (Å²) in [6.07, 6.45) is 1.50. The van der Waals surface area contributed by atoms with Crippen LogP contribution in [0.25, 0.3) is 22.4 Å². The number of amides is 1. The van der Waals surface area contributed by atoms with Crippen LogP contribution in [0.4, 0.5) is 11.4 Å². The predicted octanol–water partition coefficient (Wildman–Crippen LogP) is 4.37. The molecule has 7 heteroatoms. The third-order valence-corrected chi connectivity index (χ3v) is 7.37. The number of para-hydroxylation sites is 1. The normalized spacial score (nSPS) is 18.2. The molecular weight excluding hydrogens is 448 g/mol. The van der Waals surface area contributed by atoms with Crippen molar-refractivity contribution in [2.45, 2.75) is 6.17 Å². The van der Waals surface area contributed by atoms with E-state index in [1.54, 1.807) is 6.20 Å². The highest BCUT2D eigenvalue weighted by Crippen LogP contribution is 2.36. The monoisotopic (exact) mass is 478 g/mol. The van der Waals surface area contributed by atoms with Crippen molar-refractivity contribution in [3.05, 3.63) is 90.1 Å². The number of likely N-dealkylation sites (N-methyl/N-ethyl adjacent to an activating group) is 1. The number of rotatable bonds is 4. The van der Waals surface area contributed by atoms with Crippen LogP contribution in [0, 0.1) is 0 Å². The Kier molecular flexibility index (Phi) is 5.70. The van der Waals surface area contributed by atoms with E-state index in [0.29, 0.717) is 5.56 Å². The molecule has 3 heterocycles. The fourth-order valence-corrected chi connectivity index (χ4v) is 5.21. The number of H-pyrrole nitrogens is 1. The summed E-state index contributed by atoms with van der Waals surface area (Å²) in [5.41, 5.74) is 8.12. The van der Waals surface area contributed by atoms with Crippen molar-refractivity contribution in [3.8, 4) is 22.4 Å². The molecule has 4 aromatic rings. The summed E-state index contributed by atoms with van der Waals surface area (Å²) in [6.45, 7) is 4.29. The summed E-state index contributed by atoms with van der Waals surface area (Å²) >= 11 is 0. The molecule has 0 aliphatic carbocycles. The molecule has 2 aliphatic heterocycles. The van der Waals surface area contributed by atoms with E-state index >= 15 is 0 Å². The molecule has 1 amide bonds. The van der Waals surface area contributed by atoms with Gasteiger partial charge in [0.05, 0.1) is 23.1 Å². The molecule has 0 radical (unpaired) electrons. The minimum absolute atomic E-state index is 0.0727. The molecule has 182 valence electrons. The third kappa shape index (κ3) is 4.01. The van der Waals surface area contributed by atoms with Crippen LogP contribution in [0.1, 0.15) is 22.1 Å². The third-order valence-electron chi connectivity index (χ3n) is 7.37. The molecule has 1 fully saturated rings. The molecule has 1 aromatic heterocycles. The first kappa shape index (κ1) is 22.4. The molecule has 36 heavy (non-hydrogen) atoms. The second kappa shape index (κ2) is 9.17. The molecule has 3 aromatic carbocycles. The van der Waals surface area contributed by atoms with Gasteiger partial charge in [-0.3, -0.25) is 9.89 Å². The molecular formula is C29H30N6O. The van der Waals surface area contributed by atoms with Gasteiger partial charge in [0.15, 0.2) is 0 Å². The molecule has 0 spiro atoms. The van der Waals surface area contributed by atoms with E-state index in [9.17, 15) is 4.79 Å². The van der Waals surface area contributed by atoms with Crippen LogP contribution >= 0.6 is 0 Å². The second-order valence-electron chi connectivity index (χ2n) is 9.62. The predicted molar refractivity (Wildman–Crippen MR) is 144 cm³/mol. The average molecular weight is 479 g/mol. The molecule has 2 N–H and O–H groups in total. The Morgan fingerprint density at radius 1 is 0.833 bits per heavy atom. The SMILES string of the molecule is CN1CCN(c2cccc(-c3ccc(-c4[nH]ncc4C4NC(=O)c5ccccc5N4C)cc3)c2)CC1. The second-order valence-corrected chi connectivity index (χ2v) is 9.62. The van der Waals surface area contributed by atoms with Crippen molar-refractivity contribution >= 4 is 17.3 Å². The quantitative estimate of drug-likeness (QED) is 0.456. The Morgan fingerprint density at radius 2 is 1.58 bits per heavy atom. The van der Waals surface area contributed by atoms with E-state index in [2.05, 4.69) is 85.8 Å². The molecule has 1 saturated heterocycles. The van der Waals surface area contributed by atoms with E-state index < -0.39 is 0 Å². The molecule has 1 atom stereocenters. The van der Waals surface area contributed by atoms with Gasteiger partial charge >= 0.3 is 0 Å². The number of piperazine rings is 1. The minimum Gasteiger partial charge on any atom is -0.369 e. The van der Waals surface area contributed by atoms with Crippen LogP contribution in [-0.2, 0) is 0 Å². The number of anilines is 2. The molecule has 7 nitrogen and oxygen atoms in total. The maximum Gasteiger partial charge on any atom is 0.255 e. The summed E-state index contributed by atoms with van der Waals surface area (Å²) in [7, 11) is 4.18. The van der Waals surface area contributed by atoms with Gasteiger partial charge in [0.1, 0.15) is 6.17 Å². The largest absolute Gasteiger partial charge is 0.369 e. The van der Waals surface area contributed by atoms with Crippen molar-refractivity contribution in [1.82, 2.24) is 20.4 Å². The number of hydrogen-bond acceptors (Lipinski definition) is 5. The number of nitrogens with zero attached hydrogens (tertiary/aromatic N) is 4. The first-order valence-electron chi connectivity index (χ1n) is 12.4. The Bertz CT molecular complexity index is 1390. The van der Waals surface area contributed by atoms with E-state index in [-0.39, 0.29) is 12.1 Å². The molecule has 6 rings (SSSR count). The van der Waals surface area contributed by atoms with E-state index in [4.69, 9.17) is 0 Å². The summed E-state index contributed by atoms with van der Waals surface area (Å²) in [5.74, 6) is -0.0727. The standard InChI is InChI=1S/C29H30N6O/c1-33-14-16-35(17-15-33)23-7-5-6-22(18-23)20-10-12-21(13-11-20)27-25(19-30-32-27)28-31-29(36)24-8-3-4-9-26(24)34(28)2/h3-13,18-19,28H,14-17H2,1-2H3,(H,30,32)(H,31,36). The highest BCUT2D eigenvalue weighted by atomic mass is 16.2. The van der Waals surface area contributed by atoms with E-state index in [1.165, 1.54) is 16.8 Å². The highest BCUT2D eigenvalue weighted by Gasteiger charge is 2.31. The van der Waals surface area contributed by atoms with Crippen molar-refractivity contribution in [2.75, 3.05) is 50.1 Å². The van der Waals surface area contributed by atoms with Gasteiger partial charge in [-0.15, -0.1) is 0 Å². The molecule has 2 aliphatic rings. The first-order valence-corrected chi connectivity index (χ1v) is 12.4. The summed E-state index contributed by atoms with van der Waals surface area (Å²) in [6, 6.07) is 25.0. The number of nitrogens with one attached hydrogen (secondary N) is 2. The highest BCUT2D eigenvalue weighted by molar-refractivity contribution is 6.02. The molecule has 1 unspecified atom stereocenters. The van der Waals surface area contributed by atoms with Gasteiger partial charge in [0.2, 0.25) is 0 Å². The number of hydrogen-bond donors (Lipinski definition) is 2. The minimum atomic E-state index is -0.305. The number of aromatic amines is 1. The lowest BCUT2D eigenvalue weighted by atomic mass is 9.99. The van der Waals surface area contributed by atoms with Crippen LogP contribution in [0.3, 0.4) is 0 Å². The topological polar surface area (TPSA) is 67.5 Å². The summed E-state index contributed by atoms with van der Waals surface area (Å²) < 4.78 is 0. The molecule has 0 saturated carbocycles. The zero-order chi connectivity index (χ0) is 24.6. The zero-order valence-electron chi connectivity index (χ0n) is 20.6. The van der Waals surface area contributed by atoms with E-state index in [1.807, 2.05) is 31.3 Å². The van der Waals surface area contributed by atoms with Crippen LogP contribution in [-0.4, -0.2) is 61.3 Å². The van der Waals surface area contributed by atoms with Crippen molar-refractivity contribution in [1.29, 1.82) is 0 Å². The number of fused-ring (bicyclic) bond motifs is 1. The summed E-state index contributed by atoms with van der Waals surface area (Å²) in [4.78, 5) is 19.7. The Labute approximate surface area is 211 Å². The fourth-order valence-electron chi connectivity index (χ4n) is 5.21. The van der Waals surface area contributed by atoms with Gasteiger partial charge in [-0.2, -0.15) is 5.10 Å². The lowest BCUT2D eigenvalue weighted by Crippen LogP contribution is -2.44. The van der Waals surface area contributed by atoms with Crippen molar-refractivity contribution in [2.24, 2.45) is 0 Å². The van der Waals surface area contributed by atoms with Gasteiger partial charge in [-0.25, -0.2) is 0 Å². The van der Waals surface area contributed by atoms with E-state index in [0.717, 1.165) is 48.7 Å². The van der Waals surface area contributed by atoms with Gasteiger partial charge in [-0.1, -0.05) is 48.5 Å². The van der Waals surface area contributed by atoms with Gasteiger partial charge in [0.25, 0.3) is 5.91 Å². The van der Waals surface area contributed by atoms with Crippen LogP contribution in [0.2, 0.25) is 0 Å². The number of aromatic nitrogens is 2. The summed E-state index contributed by atoms with van der Waals surface area (Å²) in [5, 5.41) is 10.6.